The molecule has 0 fully saturated rings. The van der Waals surface area contributed by atoms with E-state index in [2.05, 4.69) is 6.92 Å². The highest BCUT2D eigenvalue weighted by Gasteiger charge is 2.14. The van der Waals surface area contributed by atoms with Crippen LogP contribution in [0.1, 0.15) is 34.8 Å². The Morgan fingerprint density at radius 1 is 1.12 bits per heavy atom. The predicted molar refractivity (Wildman–Crippen MR) is 101 cm³/mol. The Morgan fingerprint density at radius 2 is 1.79 bits per heavy atom. The summed E-state index contributed by atoms with van der Waals surface area (Å²) in [7, 11) is 1.62. The van der Waals surface area contributed by atoms with Crippen LogP contribution in [0.4, 0.5) is 0 Å². The highest BCUT2D eigenvalue weighted by atomic mass is 35.5. The Kier molecular flexibility index (Phi) is 9.26. The SMILES string of the molecule is CCCc1c(C(N)=O)ccc(Oc2cccc(OC)c2)c1C.Cl.Cl. The summed E-state index contributed by atoms with van der Waals surface area (Å²) < 4.78 is 11.1. The Hall–Kier alpha value is -1.91. The normalized spacial score (nSPS) is 9.46. The standard InChI is InChI=1S/C18H21NO3.2ClH/c1-4-6-15-12(2)17(10-9-16(15)18(19)20)22-14-8-5-7-13(11-14)21-3;;/h5,7-11H,4,6H2,1-3H3,(H2,19,20);2*1H. The van der Waals surface area contributed by atoms with E-state index in [0.717, 1.165) is 35.5 Å². The molecule has 24 heavy (non-hydrogen) atoms. The molecule has 0 radical (unpaired) electrons. The van der Waals surface area contributed by atoms with Crippen molar-refractivity contribution in [3.05, 3.63) is 53.1 Å². The second kappa shape index (κ2) is 10.1. The lowest BCUT2D eigenvalue weighted by molar-refractivity contribution is 0.0999. The molecule has 2 rings (SSSR count). The molecule has 0 heterocycles. The number of methoxy groups -OCH3 is 1. The van der Waals surface area contributed by atoms with Crippen LogP contribution in [0.3, 0.4) is 0 Å². The van der Waals surface area contributed by atoms with Crippen molar-refractivity contribution < 1.29 is 14.3 Å². The van der Waals surface area contributed by atoms with Gasteiger partial charge in [-0.15, -0.1) is 24.8 Å². The van der Waals surface area contributed by atoms with Crippen LogP contribution in [0.5, 0.6) is 17.2 Å². The summed E-state index contributed by atoms with van der Waals surface area (Å²) in [6.07, 6.45) is 1.73. The van der Waals surface area contributed by atoms with Crippen LogP contribution in [0, 0.1) is 6.92 Å². The lowest BCUT2D eigenvalue weighted by Gasteiger charge is -2.15. The van der Waals surface area contributed by atoms with Crippen LogP contribution >= 0.6 is 24.8 Å². The lowest BCUT2D eigenvalue weighted by Crippen LogP contribution is -2.15. The van der Waals surface area contributed by atoms with E-state index >= 15 is 0 Å². The van der Waals surface area contributed by atoms with Gasteiger partial charge in [0.1, 0.15) is 17.2 Å². The average Bonchev–Trinajstić information content (AvgIpc) is 2.51. The molecule has 0 aliphatic carbocycles. The van der Waals surface area contributed by atoms with E-state index in [0.29, 0.717) is 11.3 Å². The maximum Gasteiger partial charge on any atom is 0.248 e. The summed E-state index contributed by atoms with van der Waals surface area (Å²) in [6, 6.07) is 10.9. The Bertz CT molecular complexity index is 690. The van der Waals surface area contributed by atoms with E-state index in [4.69, 9.17) is 15.2 Å². The van der Waals surface area contributed by atoms with Crippen LogP contribution in [-0.4, -0.2) is 13.0 Å². The van der Waals surface area contributed by atoms with Gasteiger partial charge < -0.3 is 15.2 Å². The van der Waals surface area contributed by atoms with Crippen molar-refractivity contribution in [1.29, 1.82) is 0 Å². The monoisotopic (exact) mass is 371 g/mol. The number of nitrogens with two attached hydrogens (primary N) is 1. The lowest BCUT2D eigenvalue weighted by atomic mass is 9.96. The number of rotatable bonds is 6. The summed E-state index contributed by atoms with van der Waals surface area (Å²) >= 11 is 0. The van der Waals surface area contributed by atoms with E-state index in [1.807, 2.05) is 31.2 Å². The minimum absolute atomic E-state index is 0. The molecule has 2 aromatic carbocycles. The van der Waals surface area contributed by atoms with Gasteiger partial charge >= 0.3 is 0 Å². The van der Waals surface area contributed by atoms with E-state index < -0.39 is 5.91 Å². The zero-order valence-corrected chi connectivity index (χ0v) is 15.6. The third-order valence-electron chi connectivity index (χ3n) is 3.58. The fraction of sp³-hybridized carbons (Fsp3) is 0.278. The molecule has 1 amide bonds. The van der Waals surface area contributed by atoms with Gasteiger partial charge in [0, 0.05) is 11.6 Å². The number of primary amides is 1. The van der Waals surface area contributed by atoms with Gasteiger partial charge in [-0.3, -0.25) is 4.79 Å². The highest BCUT2D eigenvalue weighted by Crippen LogP contribution is 2.31. The van der Waals surface area contributed by atoms with Crippen molar-refractivity contribution >= 4 is 30.7 Å². The Morgan fingerprint density at radius 3 is 2.38 bits per heavy atom. The number of amides is 1. The first-order valence-electron chi connectivity index (χ1n) is 7.31. The molecule has 2 aromatic rings. The molecule has 0 aliphatic heterocycles. The van der Waals surface area contributed by atoms with E-state index in [9.17, 15) is 4.79 Å². The molecule has 0 saturated heterocycles. The zero-order chi connectivity index (χ0) is 16.1. The van der Waals surface area contributed by atoms with Crippen LogP contribution in [0.25, 0.3) is 0 Å². The fourth-order valence-corrected chi connectivity index (χ4v) is 2.44. The number of ether oxygens (including phenoxy) is 2. The zero-order valence-electron chi connectivity index (χ0n) is 14.0. The van der Waals surface area contributed by atoms with Crippen molar-refractivity contribution in [1.82, 2.24) is 0 Å². The number of carbonyl (C=O) groups excluding carboxylic acids is 1. The average molecular weight is 372 g/mol. The molecular formula is C18H23Cl2NO3. The van der Waals surface area contributed by atoms with E-state index in [-0.39, 0.29) is 24.8 Å². The molecule has 6 heteroatoms. The van der Waals surface area contributed by atoms with E-state index in [1.165, 1.54) is 0 Å². The molecule has 0 aromatic heterocycles. The molecule has 132 valence electrons. The van der Waals surface area contributed by atoms with Crippen molar-refractivity contribution in [3.8, 4) is 17.2 Å². The second-order valence-electron chi connectivity index (χ2n) is 5.11. The molecule has 0 unspecified atom stereocenters. The molecule has 0 spiro atoms. The molecule has 0 bridgehead atoms. The third kappa shape index (κ3) is 5.05. The molecule has 2 N–H and O–H groups in total. The van der Waals surface area contributed by atoms with Gasteiger partial charge in [-0.05, 0) is 48.7 Å². The molecule has 0 atom stereocenters. The quantitative estimate of drug-likeness (QED) is 0.800. The Labute approximate surface area is 155 Å². The van der Waals surface area contributed by atoms with Gasteiger partial charge in [0.05, 0.1) is 7.11 Å². The summed E-state index contributed by atoms with van der Waals surface area (Å²) in [5, 5.41) is 0. The predicted octanol–water partition coefficient (Wildman–Crippen LogP) is 4.69. The van der Waals surface area contributed by atoms with Crippen molar-refractivity contribution in [3.63, 3.8) is 0 Å². The van der Waals surface area contributed by atoms with Crippen LogP contribution in [0.2, 0.25) is 0 Å². The first kappa shape index (κ1) is 22.1. The minimum Gasteiger partial charge on any atom is -0.497 e. The van der Waals surface area contributed by atoms with E-state index in [1.54, 1.807) is 19.2 Å². The van der Waals surface area contributed by atoms with Crippen LogP contribution in [-0.2, 0) is 6.42 Å². The fourth-order valence-electron chi connectivity index (χ4n) is 2.44. The summed E-state index contributed by atoms with van der Waals surface area (Å²) in [4.78, 5) is 11.6. The minimum atomic E-state index is -0.403. The van der Waals surface area contributed by atoms with Crippen molar-refractivity contribution in [2.45, 2.75) is 26.7 Å². The third-order valence-corrected chi connectivity index (χ3v) is 3.58. The molecular weight excluding hydrogens is 349 g/mol. The first-order chi connectivity index (χ1) is 10.6. The smallest absolute Gasteiger partial charge is 0.248 e. The maximum atomic E-state index is 11.6. The van der Waals surface area contributed by atoms with Gasteiger partial charge in [-0.2, -0.15) is 0 Å². The second-order valence-corrected chi connectivity index (χ2v) is 5.11. The first-order valence-corrected chi connectivity index (χ1v) is 7.31. The number of hydrogen-bond acceptors (Lipinski definition) is 3. The largest absolute Gasteiger partial charge is 0.497 e. The highest BCUT2D eigenvalue weighted by molar-refractivity contribution is 5.95. The molecule has 4 nitrogen and oxygen atoms in total. The summed E-state index contributed by atoms with van der Waals surface area (Å²) in [5.74, 6) is 1.75. The van der Waals surface area contributed by atoms with Crippen molar-refractivity contribution in [2.24, 2.45) is 5.73 Å². The summed E-state index contributed by atoms with van der Waals surface area (Å²) in [5.41, 5.74) is 7.92. The molecule has 0 saturated carbocycles. The number of benzene rings is 2. The topological polar surface area (TPSA) is 61.6 Å². The Balaban J connectivity index is 0.00000264. The maximum absolute atomic E-state index is 11.6. The van der Waals surface area contributed by atoms with Gasteiger partial charge in [0.2, 0.25) is 5.91 Å². The van der Waals surface area contributed by atoms with Crippen LogP contribution in [0.15, 0.2) is 36.4 Å². The van der Waals surface area contributed by atoms with Crippen molar-refractivity contribution in [2.75, 3.05) is 7.11 Å². The number of carbonyl (C=O) groups is 1. The van der Waals surface area contributed by atoms with Gasteiger partial charge in [0.25, 0.3) is 0 Å². The van der Waals surface area contributed by atoms with Crippen LogP contribution < -0.4 is 15.2 Å². The van der Waals surface area contributed by atoms with Gasteiger partial charge in [-0.25, -0.2) is 0 Å². The van der Waals surface area contributed by atoms with Gasteiger partial charge in [-0.1, -0.05) is 19.4 Å². The molecule has 0 aliphatic rings. The number of hydrogen-bond donors (Lipinski definition) is 1. The number of halogens is 2. The summed E-state index contributed by atoms with van der Waals surface area (Å²) in [6.45, 7) is 4.02. The van der Waals surface area contributed by atoms with Gasteiger partial charge in [0.15, 0.2) is 0 Å².